The normalized spacial score (nSPS) is 11.1. The van der Waals surface area contributed by atoms with Gasteiger partial charge in [0.25, 0.3) is 0 Å². The van der Waals surface area contributed by atoms with Crippen LogP contribution in [0.4, 0.5) is 0 Å². The van der Waals surface area contributed by atoms with Crippen molar-refractivity contribution in [1.29, 1.82) is 0 Å². The lowest BCUT2D eigenvalue weighted by molar-refractivity contribution is 0.891. The lowest BCUT2D eigenvalue weighted by atomic mass is 10.0. The Bertz CT molecular complexity index is 1210. The minimum Gasteiger partial charge on any atom is -0.232 e. The van der Waals surface area contributed by atoms with Crippen LogP contribution in [0.25, 0.3) is 28.2 Å². The summed E-state index contributed by atoms with van der Waals surface area (Å²) in [5.41, 5.74) is 5.28. The van der Waals surface area contributed by atoms with Crippen molar-refractivity contribution in [1.82, 2.24) is 9.78 Å². The van der Waals surface area contributed by atoms with Gasteiger partial charge in [0.2, 0.25) is 0 Å². The van der Waals surface area contributed by atoms with E-state index in [0.717, 1.165) is 33.8 Å². The molecule has 0 saturated carbocycles. The summed E-state index contributed by atoms with van der Waals surface area (Å²) < 4.78 is 1.86. The molecule has 0 radical (unpaired) electrons. The number of hydrogen-bond acceptors (Lipinski definition) is 1. The molecule has 4 rings (SSSR count). The van der Waals surface area contributed by atoms with E-state index in [-0.39, 0.29) is 0 Å². The second-order valence-electron chi connectivity index (χ2n) is 6.47. The van der Waals surface area contributed by atoms with Gasteiger partial charge in [-0.25, -0.2) is 4.68 Å². The maximum atomic E-state index is 6.29. The van der Waals surface area contributed by atoms with Crippen LogP contribution in [0.15, 0.2) is 60.7 Å². The zero-order valence-corrected chi connectivity index (χ0v) is 18.8. The number of aromatic nitrogens is 2. The topological polar surface area (TPSA) is 17.8 Å². The van der Waals surface area contributed by atoms with Crippen LogP contribution < -0.4 is 0 Å². The van der Waals surface area contributed by atoms with E-state index >= 15 is 0 Å². The van der Waals surface area contributed by atoms with Gasteiger partial charge in [-0.15, -0.1) is 0 Å². The highest BCUT2D eigenvalue weighted by atomic mass is 35.5. The quantitative estimate of drug-likeness (QED) is 0.285. The third-order valence-corrected chi connectivity index (χ3v) is 6.31. The maximum Gasteiger partial charge on any atom is 0.0963 e. The second kappa shape index (κ2) is 8.22. The molecule has 4 aromatic rings. The summed E-state index contributed by atoms with van der Waals surface area (Å²) >= 11 is 30.8. The number of rotatable bonds is 3. The molecule has 7 heteroatoms. The van der Waals surface area contributed by atoms with Crippen LogP contribution in [0, 0.1) is 6.92 Å². The zero-order valence-electron chi connectivity index (χ0n) is 15.1. The number of hydrogen-bond donors (Lipinski definition) is 0. The number of halogens is 5. The molecular formula is C22H13Cl5N2. The van der Waals surface area contributed by atoms with Crippen LogP contribution in [-0.2, 0) is 0 Å². The number of benzene rings is 3. The fourth-order valence-corrected chi connectivity index (χ4v) is 3.89. The molecule has 0 amide bonds. The van der Waals surface area contributed by atoms with Crippen LogP contribution in [0.2, 0.25) is 25.1 Å². The van der Waals surface area contributed by atoms with Crippen molar-refractivity contribution >= 4 is 58.0 Å². The second-order valence-corrected chi connectivity index (χ2v) is 8.53. The summed E-state index contributed by atoms with van der Waals surface area (Å²) in [6, 6.07) is 18.5. The van der Waals surface area contributed by atoms with E-state index in [4.69, 9.17) is 63.1 Å². The molecule has 0 aliphatic rings. The molecule has 0 aliphatic heterocycles. The SMILES string of the molecule is Cc1c(-c2ccc(Cl)c(Cl)c2)nn(-c2ccc(Cl)cc2)c1-c1ccc(Cl)c(Cl)c1. The number of nitrogens with zero attached hydrogens (tertiary/aromatic N) is 2. The van der Waals surface area contributed by atoms with Gasteiger partial charge in [0.05, 0.1) is 37.2 Å². The van der Waals surface area contributed by atoms with Gasteiger partial charge in [-0.05, 0) is 55.5 Å². The third kappa shape index (κ3) is 4.01. The van der Waals surface area contributed by atoms with Gasteiger partial charge >= 0.3 is 0 Å². The van der Waals surface area contributed by atoms with Gasteiger partial charge in [-0.3, -0.25) is 0 Å². The Morgan fingerprint density at radius 3 is 1.79 bits per heavy atom. The van der Waals surface area contributed by atoms with E-state index < -0.39 is 0 Å². The van der Waals surface area contributed by atoms with Crippen molar-refractivity contribution in [3.8, 4) is 28.2 Å². The molecule has 0 aliphatic carbocycles. The summed E-state index contributed by atoms with van der Waals surface area (Å²) in [4.78, 5) is 0. The fraction of sp³-hybridized carbons (Fsp3) is 0.0455. The fourth-order valence-electron chi connectivity index (χ4n) is 3.17. The minimum atomic E-state index is 0.473. The lowest BCUT2D eigenvalue weighted by Gasteiger charge is -2.10. The molecule has 2 nitrogen and oxygen atoms in total. The summed E-state index contributed by atoms with van der Waals surface area (Å²) in [6.07, 6.45) is 0. The highest BCUT2D eigenvalue weighted by Crippen LogP contribution is 2.37. The summed E-state index contributed by atoms with van der Waals surface area (Å²) in [5.74, 6) is 0. The Morgan fingerprint density at radius 2 is 1.21 bits per heavy atom. The summed E-state index contributed by atoms with van der Waals surface area (Å²) in [5, 5.41) is 7.47. The molecule has 0 fully saturated rings. The molecule has 29 heavy (non-hydrogen) atoms. The van der Waals surface area contributed by atoms with Crippen LogP contribution in [0.5, 0.6) is 0 Å². The van der Waals surface area contributed by atoms with Crippen LogP contribution >= 0.6 is 58.0 Å². The Balaban J connectivity index is 1.98. The first kappa shape index (κ1) is 20.6. The van der Waals surface area contributed by atoms with Gasteiger partial charge in [0, 0.05) is 21.7 Å². The smallest absolute Gasteiger partial charge is 0.0963 e. The van der Waals surface area contributed by atoms with E-state index in [0.29, 0.717) is 25.1 Å². The van der Waals surface area contributed by atoms with Crippen molar-refractivity contribution in [2.75, 3.05) is 0 Å². The highest BCUT2D eigenvalue weighted by molar-refractivity contribution is 6.42. The molecule has 0 spiro atoms. The molecule has 0 N–H and O–H groups in total. The first-order chi connectivity index (χ1) is 13.8. The molecule has 0 saturated heterocycles. The monoisotopic (exact) mass is 480 g/mol. The van der Waals surface area contributed by atoms with Gasteiger partial charge in [-0.1, -0.05) is 70.1 Å². The lowest BCUT2D eigenvalue weighted by Crippen LogP contribution is -1.99. The van der Waals surface area contributed by atoms with Crippen LogP contribution in [0.1, 0.15) is 5.56 Å². The van der Waals surface area contributed by atoms with Gasteiger partial charge in [-0.2, -0.15) is 5.10 Å². The van der Waals surface area contributed by atoms with Crippen molar-refractivity contribution in [2.45, 2.75) is 6.92 Å². The van der Waals surface area contributed by atoms with E-state index in [2.05, 4.69) is 0 Å². The van der Waals surface area contributed by atoms with Crippen molar-refractivity contribution < 1.29 is 0 Å². The average Bonchev–Trinajstić information content (AvgIpc) is 3.04. The Kier molecular flexibility index (Phi) is 5.83. The van der Waals surface area contributed by atoms with E-state index in [1.165, 1.54) is 0 Å². The van der Waals surface area contributed by atoms with Gasteiger partial charge in [0.1, 0.15) is 0 Å². The minimum absolute atomic E-state index is 0.473. The van der Waals surface area contributed by atoms with Gasteiger partial charge in [0.15, 0.2) is 0 Å². The van der Waals surface area contributed by atoms with Crippen molar-refractivity contribution in [2.24, 2.45) is 0 Å². The van der Waals surface area contributed by atoms with Crippen molar-refractivity contribution in [3.05, 3.63) is 91.3 Å². The molecule has 0 unspecified atom stereocenters. The Labute approximate surface area is 193 Å². The standard InChI is InChI=1S/C22H13Cl5N2/c1-12-21(13-2-8-17(24)19(26)10-13)28-29(16-6-4-15(23)5-7-16)22(12)14-3-9-18(25)20(27)11-14/h2-11H,1H3. The van der Waals surface area contributed by atoms with E-state index in [1.807, 2.05) is 60.1 Å². The molecule has 0 atom stereocenters. The first-order valence-electron chi connectivity index (χ1n) is 8.61. The predicted octanol–water partition coefficient (Wildman–Crippen LogP) is 8.78. The van der Waals surface area contributed by atoms with E-state index in [1.54, 1.807) is 12.1 Å². The molecule has 0 bridgehead atoms. The van der Waals surface area contributed by atoms with Crippen LogP contribution in [0.3, 0.4) is 0 Å². The Morgan fingerprint density at radius 1 is 0.655 bits per heavy atom. The molecule has 1 heterocycles. The Hall–Kier alpha value is -1.68. The molecule has 3 aromatic carbocycles. The molecule has 146 valence electrons. The largest absolute Gasteiger partial charge is 0.232 e. The molecular weight excluding hydrogens is 470 g/mol. The predicted molar refractivity (Wildman–Crippen MR) is 124 cm³/mol. The zero-order chi connectivity index (χ0) is 20.7. The third-order valence-electron chi connectivity index (χ3n) is 4.58. The summed E-state index contributed by atoms with van der Waals surface area (Å²) in [7, 11) is 0. The van der Waals surface area contributed by atoms with E-state index in [9.17, 15) is 0 Å². The maximum absolute atomic E-state index is 6.29. The first-order valence-corrected chi connectivity index (χ1v) is 10.5. The highest BCUT2D eigenvalue weighted by Gasteiger charge is 2.20. The van der Waals surface area contributed by atoms with Crippen LogP contribution in [-0.4, -0.2) is 9.78 Å². The average molecular weight is 483 g/mol. The van der Waals surface area contributed by atoms with Crippen molar-refractivity contribution in [3.63, 3.8) is 0 Å². The molecule has 1 aromatic heterocycles. The van der Waals surface area contributed by atoms with Gasteiger partial charge < -0.3 is 0 Å². The summed E-state index contributed by atoms with van der Waals surface area (Å²) in [6.45, 7) is 2.01.